The van der Waals surface area contributed by atoms with Crippen molar-refractivity contribution in [3.8, 4) is 5.69 Å². The highest BCUT2D eigenvalue weighted by molar-refractivity contribution is 6.33. The van der Waals surface area contributed by atoms with Crippen molar-refractivity contribution in [1.82, 2.24) is 9.78 Å². The summed E-state index contributed by atoms with van der Waals surface area (Å²) in [4.78, 5) is 12.2. The second-order valence-corrected chi connectivity index (χ2v) is 5.43. The lowest BCUT2D eigenvalue weighted by Gasteiger charge is -2.05. The number of amides is 1. The molecule has 3 aromatic rings. The fourth-order valence-corrected chi connectivity index (χ4v) is 2.24. The third-order valence-electron chi connectivity index (χ3n) is 3.06. The Morgan fingerprint density at radius 3 is 2.50 bits per heavy atom. The number of hydrogen-bond acceptors (Lipinski definition) is 2. The summed E-state index contributed by atoms with van der Waals surface area (Å²) in [5.74, 6) is -0.270. The van der Waals surface area contributed by atoms with Gasteiger partial charge in [0.15, 0.2) is 0 Å². The van der Waals surface area contributed by atoms with Crippen LogP contribution in [0.2, 0.25) is 10.0 Å². The van der Waals surface area contributed by atoms with E-state index in [0.29, 0.717) is 21.3 Å². The number of halogens is 2. The predicted octanol–water partition coefficient (Wildman–Crippen LogP) is 4.43. The molecule has 1 aromatic heterocycles. The first kappa shape index (κ1) is 14.6. The van der Waals surface area contributed by atoms with Gasteiger partial charge in [-0.15, -0.1) is 0 Å². The third kappa shape index (κ3) is 3.13. The summed E-state index contributed by atoms with van der Waals surface area (Å²) in [5, 5.41) is 8.07. The van der Waals surface area contributed by atoms with Gasteiger partial charge in [-0.1, -0.05) is 35.3 Å². The van der Waals surface area contributed by atoms with Crippen LogP contribution in [-0.4, -0.2) is 15.7 Å². The van der Waals surface area contributed by atoms with Crippen molar-refractivity contribution < 1.29 is 4.79 Å². The third-order valence-corrected chi connectivity index (χ3v) is 3.64. The number of anilines is 1. The fourth-order valence-electron chi connectivity index (χ4n) is 1.93. The van der Waals surface area contributed by atoms with Gasteiger partial charge in [-0.3, -0.25) is 4.79 Å². The van der Waals surface area contributed by atoms with Crippen molar-refractivity contribution in [3.05, 3.63) is 76.5 Å². The molecule has 0 saturated carbocycles. The monoisotopic (exact) mass is 331 g/mol. The molecule has 1 heterocycles. The summed E-state index contributed by atoms with van der Waals surface area (Å²) in [6.07, 6.45) is 3.15. The molecule has 1 amide bonds. The number of nitrogens with one attached hydrogen (secondary N) is 1. The van der Waals surface area contributed by atoms with Gasteiger partial charge in [0.1, 0.15) is 0 Å². The molecule has 0 saturated heterocycles. The lowest BCUT2D eigenvalue weighted by Crippen LogP contribution is -2.11. The normalized spacial score (nSPS) is 10.5. The average Bonchev–Trinajstić information content (AvgIpc) is 3.00. The van der Waals surface area contributed by atoms with Crippen LogP contribution < -0.4 is 5.32 Å². The molecule has 0 aliphatic rings. The molecule has 0 aliphatic carbocycles. The number of carbonyl (C=O) groups is 1. The molecule has 0 radical (unpaired) electrons. The molecule has 110 valence electrons. The van der Waals surface area contributed by atoms with Crippen LogP contribution in [0.1, 0.15) is 10.4 Å². The summed E-state index contributed by atoms with van der Waals surface area (Å²) < 4.78 is 1.61. The Kier molecular flexibility index (Phi) is 4.13. The van der Waals surface area contributed by atoms with Gasteiger partial charge in [0, 0.05) is 11.2 Å². The molecular formula is C16H11Cl2N3O. The minimum atomic E-state index is -0.270. The maximum absolute atomic E-state index is 12.2. The molecule has 0 bridgehead atoms. The van der Waals surface area contributed by atoms with Crippen LogP contribution in [-0.2, 0) is 0 Å². The summed E-state index contributed by atoms with van der Waals surface area (Å²) in [6, 6.07) is 14.2. The zero-order valence-electron chi connectivity index (χ0n) is 11.3. The molecule has 0 aliphatic heterocycles. The van der Waals surface area contributed by atoms with E-state index >= 15 is 0 Å². The van der Waals surface area contributed by atoms with Gasteiger partial charge in [-0.25, -0.2) is 4.68 Å². The van der Waals surface area contributed by atoms with Crippen LogP contribution >= 0.6 is 23.2 Å². The van der Waals surface area contributed by atoms with Crippen LogP contribution in [0, 0.1) is 0 Å². The van der Waals surface area contributed by atoms with Gasteiger partial charge in [0.05, 0.1) is 28.2 Å². The summed E-state index contributed by atoms with van der Waals surface area (Å²) >= 11 is 11.9. The van der Waals surface area contributed by atoms with Crippen molar-refractivity contribution in [3.63, 3.8) is 0 Å². The molecule has 0 atom stereocenters. The zero-order chi connectivity index (χ0) is 15.5. The Hall–Kier alpha value is -2.30. The van der Waals surface area contributed by atoms with Gasteiger partial charge >= 0.3 is 0 Å². The maximum Gasteiger partial charge on any atom is 0.258 e. The molecule has 0 spiro atoms. The summed E-state index contributed by atoms with van der Waals surface area (Å²) in [7, 11) is 0. The second kappa shape index (κ2) is 6.22. The Morgan fingerprint density at radius 1 is 1.05 bits per heavy atom. The molecule has 22 heavy (non-hydrogen) atoms. The highest BCUT2D eigenvalue weighted by atomic mass is 35.5. The van der Waals surface area contributed by atoms with E-state index in [1.54, 1.807) is 47.3 Å². The van der Waals surface area contributed by atoms with Crippen molar-refractivity contribution in [2.24, 2.45) is 0 Å². The van der Waals surface area contributed by atoms with Crippen LogP contribution in [0.15, 0.2) is 60.9 Å². The average molecular weight is 332 g/mol. The van der Waals surface area contributed by atoms with Crippen LogP contribution in [0.3, 0.4) is 0 Å². The van der Waals surface area contributed by atoms with E-state index in [1.165, 1.54) is 6.20 Å². The molecule has 3 rings (SSSR count). The number of carbonyl (C=O) groups excluding carboxylic acids is 1. The molecule has 1 N–H and O–H groups in total. The van der Waals surface area contributed by atoms with Crippen molar-refractivity contribution in [2.75, 3.05) is 5.32 Å². The SMILES string of the molecule is O=C(Nc1ccccc1Cl)c1cnn(-c2ccc(Cl)cc2)c1. The first-order valence-corrected chi connectivity index (χ1v) is 7.25. The van der Waals surface area contributed by atoms with E-state index in [4.69, 9.17) is 23.2 Å². The Morgan fingerprint density at radius 2 is 1.77 bits per heavy atom. The van der Waals surface area contributed by atoms with Gasteiger partial charge in [-0.2, -0.15) is 5.10 Å². The lowest BCUT2D eigenvalue weighted by molar-refractivity contribution is 0.102. The standard InChI is InChI=1S/C16H11Cl2N3O/c17-12-5-7-13(8-6-12)21-10-11(9-19-21)16(22)20-15-4-2-1-3-14(15)18/h1-10H,(H,20,22). The highest BCUT2D eigenvalue weighted by Crippen LogP contribution is 2.21. The van der Waals surface area contributed by atoms with E-state index < -0.39 is 0 Å². The molecule has 4 nitrogen and oxygen atoms in total. The molecule has 6 heteroatoms. The van der Waals surface area contributed by atoms with E-state index in [0.717, 1.165) is 5.69 Å². The van der Waals surface area contributed by atoms with Crippen LogP contribution in [0.4, 0.5) is 5.69 Å². The van der Waals surface area contributed by atoms with E-state index in [1.807, 2.05) is 12.1 Å². The smallest absolute Gasteiger partial charge is 0.258 e. The topological polar surface area (TPSA) is 46.9 Å². The molecular weight excluding hydrogens is 321 g/mol. The van der Waals surface area contributed by atoms with Crippen molar-refractivity contribution in [2.45, 2.75) is 0 Å². The quantitative estimate of drug-likeness (QED) is 0.771. The molecule has 0 fully saturated rings. The van der Waals surface area contributed by atoms with Gasteiger partial charge in [-0.05, 0) is 36.4 Å². The Labute approximate surface area is 137 Å². The largest absolute Gasteiger partial charge is 0.321 e. The number of rotatable bonds is 3. The predicted molar refractivity (Wildman–Crippen MR) is 88.0 cm³/mol. The lowest BCUT2D eigenvalue weighted by atomic mass is 10.3. The fraction of sp³-hybridized carbons (Fsp3) is 0. The minimum Gasteiger partial charge on any atom is -0.321 e. The number of hydrogen-bond donors (Lipinski definition) is 1. The minimum absolute atomic E-state index is 0.270. The highest BCUT2D eigenvalue weighted by Gasteiger charge is 2.11. The molecule has 0 unspecified atom stereocenters. The van der Waals surface area contributed by atoms with Gasteiger partial charge in [0.2, 0.25) is 0 Å². The van der Waals surface area contributed by atoms with E-state index in [-0.39, 0.29) is 5.91 Å². The number of benzene rings is 2. The first-order chi connectivity index (χ1) is 10.6. The summed E-state index contributed by atoms with van der Waals surface area (Å²) in [5.41, 5.74) is 1.82. The number of para-hydroxylation sites is 1. The zero-order valence-corrected chi connectivity index (χ0v) is 12.8. The van der Waals surface area contributed by atoms with Crippen LogP contribution in [0.25, 0.3) is 5.69 Å². The first-order valence-electron chi connectivity index (χ1n) is 6.50. The number of nitrogens with zero attached hydrogens (tertiary/aromatic N) is 2. The summed E-state index contributed by atoms with van der Waals surface area (Å²) in [6.45, 7) is 0. The van der Waals surface area contributed by atoms with E-state index in [2.05, 4.69) is 10.4 Å². The Balaban J connectivity index is 1.80. The molecule has 2 aromatic carbocycles. The Bertz CT molecular complexity index is 812. The van der Waals surface area contributed by atoms with Crippen molar-refractivity contribution in [1.29, 1.82) is 0 Å². The van der Waals surface area contributed by atoms with Crippen molar-refractivity contribution >= 4 is 34.8 Å². The van der Waals surface area contributed by atoms with Gasteiger partial charge < -0.3 is 5.32 Å². The maximum atomic E-state index is 12.2. The van der Waals surface area contributed by atoms with Crippen LogP contribution in [0.5, 0.6) is 0 Å². The second-order valence-electron chi connectivity index (χ2n) is 4.58. The van der Waals surface area contributed by atoms with Gasteiger partial charge in [0.25, 0.3) is 5.91 Å². The van der Waals surface area contributed by atoms with E-state index in [9.17, 15) is 4.79 Å². The number of aromatic nitrogens is 2.